The molecule has 0 saturated carbocycles. The van der Waals surface area contributed by atoms with Crippen LogP contribution in [0.4, 0.5) is 0 Å². The molecule has 0 spiro atoms. The van der Waals surface area contributed by atoms with Crippen LogP contribution in [-0.2, 0) is 11.2 Å². The average Bonchev–Trinajstić information content (AvgIpc) is 2.45. The first-order valence-electron chi connectivity index (χ1n) is 7.34. The highest BCUT2D eigenvalue weighted by molar-refractivity contribution is 5.81. The second-order valence-electron chi connectivity index (χ2n) is 5.33. The third-order valence-electron chi connectivity index (χ3n) is 3.78. The van der Waals surface area contributed by atoms with Crippen LogP contribution in [0.2, 0.25) is 0 Å². The van der Waals surface area contributed by atoms with Crippen molar-refractivity contribution in [1.82, 2.24) is 10.6 Å². The molecule has 104 valence electrons. The number of carbonyl (C=O) groups excluding carboxylic acids is 1. The van der Waals surface area contributed by atoms with E-state index >= 15 is 0 Å². The molecule has 1 aliphatic rings. The van der Waals surface area contributed by atoms with Gasteiger partial charge in [0.05, 0.1) is 12.1 Å². The van der Waals surface area contributed by atoms with Gasteiger partial charge in [0.1, 0.15) is 0 Å². The Morgan fingerprint density at radius 2 is 2.21 bits per heavy atom. The smallest absolute Gasteiger partial charge is 0.237 e. The van der Waals surface area contributed by atoms with Crippen LogP contribution in [0.1, 0.15) is 50.3 Å². The van der Waals surface area contributed by atoms with Gasteiger partial charge < -0.3 is 10.6 Å². The van der Waals surface area contributed by atoms with Crippen LogP contribution >= 0.6 is 0 Å². The number of benzene rings is 1. The summed E-state index contributed by atoms with van der Waals surface area (Å²) in [6.07, 6.45) is 4.37. The Kier molecular flexibility index (Phi) is 4.97. The van der Waals surface area contributed by atoms with Crippen molar-refractivity contribution in [3.05, 3.63) is 35.4 Å². The van der Waals surface area contributed by atoms with Gasteiger partial charge in [0, 0.05) is 0 Å². The van der Waals surface area contributed by atoms with Gasteiger partial charge in [-0.2, -0.15) is 0 Å². The zero-order valence-corrected chi connectivity index (χ0v) is 11.9. The minimum absolute atomic E-state index is 0.107. The highest BCUT2D eigenvalue weighted by Crippen LogP contribution is 2.29. The summed E-state index contributed by atoms with van der Waals surface area (Å²) in [4.78, 5) is 12.2. The molecule has 2 unspecified atom stereocenters. The lowest BCUT2D eigenvalue weighted by Gasteiger charge is -2.27. The van der Waals surface area contributed by atoms with Gasteiger partial charge in [-0.25, -0.2) is 0 Å². The molecule has 1 aromatic rings. The van der Waals surface area contributed by atoms with Crippen molar-refractivity contribution in [3.63, 3.8) is 0 Å². The van der Waals surface area contributed by atoms with E-state index in [2.05, 4.69) is 41.8 Å². The molecule has 1 aromatic carbocycles. The number of rotatable bonds is 5. The van der Waals surface area contributed by atoms with Crippen molar-refractivity contribution in [2.45, 2.75) is 51.6 Å². The lowest BCUT2D eigenvalue weighted by molar-refractivity contribution is -0.123. The number of hydrogen-bond donors (Lipinski definition) is 2. The Morgan fingerprint density at radius 3 is 3.00 bits per heavy atom. The summed E-state index contributed by atoms with van der Waals surface area (Å²) in [5, 5.41) is 6.42. The Labute approximate surface area is 115 Å². The third-order valence-corrected chi connectivity index (χ3v) is 3.78. The van der Waals surface area contributed by atoms with Crippen LogP contribution in [0.3, 0.4) is 0 Å². The summed E-state index contributed by atoms with van der Waals surface area (Å²) < 4.78 is 0. The van der Waals surface area contributed by atoms with Gasteiger partial charge in [-0.15, -0.1) is 0 Å². The molecule has 1 amide bonds. The van der Waals surface area contributed by atoms with E-state index in [1.807, 2.05) is 6.92 Å². The minimum atomic E-state index is -0.117. The van der Waals surface area contributed by atoms with E-state index in [1.54, 1.807) is 0 Å². The average molecular weight is 260 g/mol. The van der Waals surface area contributed by atoms with Crippen LogP contribution in [0.15, 0.2) is 24.3 Å². The van der Waals surface area contributed by atoms with Crippen molar-refractivity contribution in [2.75, 3.05) is 6.54 Å². The molecular formula is C16H24N2O. The predicted octanol–water partition coefficient (Wildman–Crippen LogP) is 2.57. The maximum atomic E-state index is 12.2. The summed E-state index contributed by atoms with van der Waals surface area (Å²) >= 11 is 0. The van der Waals surface area contributed by atoms with Crippen LogP contribution < -0.4 is 10.6 Å². The first-order valence-corrected chi connectivity index (χ1v) is 7.34. The van der Waals surface area contributed by atoms with Crippen molar-refractivity contribution in [3.8, 4) is 0 Å². The van der Waals surface area contributed by atoms with Gasteiger partial charge in [0.25, 0.3) is 0 Å². The molecule has 2 N–H and O–H groups in total. The highest BCUT2D eigenvalue weighted by Gasteiger charge is 2.23. The molecule has 2 rings (SSSR count). The summed E-state index contributed by atoms with van der Waals surface area (Å²) in [5.74, 6) is 0.107. The predicted molar refractivity (Wildman–Crippen MR) is 78.0 cm³/mol. The van der Waals surface area contributed by atoms with E-state index in [0.29, 0.717) is 0 Å². The first-order chi connectivity index (χ1) is 9.22. The number of hydrogen-bond acceptors (Lipinski definition) is 2. The molecule has 3 heteroatoms. The number of fused-ring (bicyclic) bond motifs is 1. The van der Waals surface area contributed by atoms with E-state index in [4.69, 9.17) is 0 Å². The lowest BCUT2D eigenvalue weighted by Crippen LogP contribution is -2.44. The fraction of sp³-hybridized carbons (Fsp3) is 0.562. The maximum Gasteiger partial charge on any atom is 0.237 e. The van der Waals surface area contributed by atoms with Gasteiger partial charge in [-0.1, -0.05) is 31.2 Å². The molecule has 0 saturated heterocycles. The zero-order valence-electron chi connectivity index (χ0n) is 11.9. The van der Waals surface area contributed by atoms with Crippen molar-refractivity contribution in [2.24, 2.45) is 0 Å². The summed E-state index contributed by atoms with van der Waals surface area (Å²) in [5.41, 5.74) is 2.68. The highest BCUT2D eigenvalue weighted by atomic mass is 16.2. The first kappa shape index (κ1) is 14.1. The standard InChI is InChI=1S/C16H24N2O/c1-3-11-17-12(2)16(19)18-15-10-6-8-13-7-4-5-9-14(13)15/h4-5,7,9,12,15,17H,3,6,8,10-11H2,1-2H3,(H,18,19). The second-order valence-corrected chi connectivity index (χ2v) is 5.33. The van der Waals surface area contributed by atoms with Crippen LogP contribution in [0.5, 0.6) is 0 Å². The SMILES string of the molecule is CCCNC(C)C(=O)NC1CCCc2ccccc21. The molecule has 19 heavy (non-hydrogen) atoms. The Morgan fingerprint density at radius 1 is 1.42 bits per heavy atom. The quantitative estimate of drug-likeness (QED) is 0.854. The minimum Gasteiger partial charge on any atom is -0.348 e. The van der Waals surface area contributed by atoms with E-state index in [0.717, 1.165) is 32.2 Å². The molecule has 3 nitrogen and oxygen atoms in total. The number of nitrogens with one attached hydrogen (secondary N) is 2. The van der Waals surface area contributed by atoms with Gasteiger partial charge >= 0.3 is 0 Å². The van der Waals surface area contributed by atoms with E-state index in [1.165, 1.54) is 11.1 Å². The van der Waals surface area contributed by atoms with Crippen molar-refractivity contribution < 1.29 is 4.79 Å². The molecule has 1 aliphatic carbocycles. The second kappa shape index (κ2) is 6.71. The molecule has 0 aliphatic heterocycles. The van der Waals surface area contributed by atoms with Gasteiger partial charge in [0.2, 0.25) is 5.91 Å². The summed E-state index contributed by atoms with van der Waals surface area (Å²) in [7, 11) is 0. The molecule has 0 radical (unpaired) electrons. The summed E-state index contributed by atoms with van der Waals surface area (Å²) in [6, 6.07) is 8.52. The number of amides is 1. The van der Waals surface area contributed by atoms with E-state index < -0.39 is 0 Å². The largest absolute Gasteiger partial charge is 0.348 e. The number of carbonyl (C=O) groups is 1. The van der Waals surface area contributed by atoms with E-state index in [-0.39, 0.29) is 18.0 Å². The van der Waals surface area contributed by atoms with Gasteiger partial charge in [-0.05, 0) is 50.3 Å². The zero-order chi connectivity index (χ0) is 13.7. The van der Waals surface area contributed by atoms with Crippen LogP contribution in [0.25, 0.3) is 0 Å². The molecule has 0 bridgehead atoms. The van der Waals surface area contributed by atoms with Crippen LogP contribution in [0, 0.1) is 0 Å². The van der Waals surface area contributed by atoms with Crippen molar-refractivity contribution >= 4 is 5.91 Å². The fourth-order valence-electron chi connectivity index (χ4n) is 2.65. The van der Waals surface area contributed by atoms with Gasteiger partial charge in [0.15, 0.2) is 0 Å². The Balaban J connectivity index is 1.98. The lowest BCUT2D eigenvalue weighted by atomic mass is 9.87. The fourth-order valence-corrected chi connectivity index (χ4v) is 2.65. The third kappa shape index (κ3) is 3.57. The maximum absolute atomic E-state index is 12.2. The topological polar surface area (TPSA) is 41.1 Å². The molecule has 0 fully saturated rings. The number of aryl methyl sites for hydroxylation is 1. The molecule has 0 aromatic heterocycles. The summed E-state index contributed by atoms with van der Waals surface area (Å²) in [6.45, 7) is 4.92. The molecule has 0 heterocycles. The monoisotopic (exact) mass is 260 g/mol. The van der Waals surface area contributed by atoms with Crippen molar-refractivity contribution in [1.29, 1.82) is 0 Å². The van der Waals surface area contributed by atoms with Gasteiger partial charge in [-0.3, -0.25) is 4.79 Å². The van der Waals surface area contributed by atoms with Crippen LogP contribution in [-0.4, -0.2) is 18.5 Å². The Bertz CT molecular complexity index is 431. The Hall–Kier alpha value is -1.35. The molecule has 2 atom stereocenters. The molecular weight excluding hydrogens is 236 g/mol. The van der Waals surface area contributed by atoms with E-state index in [9.17, 15) is 4.79 Å². The normalized spacial score (nSPS) is 19.6.